The molecule has 0 spiro atoms. The lowest BCUT2D eigenvalue weighted by Crippen LogP contribution is -2.48. The smallest absolute Gasteiger partial charge is 0.262 e. The molecule has 1 aliphatic heterocycles. The quantitative estimate of drug-likeness (QED) is 0.905. The molecule has 1 aromatic heterocycles. The summed E-state index contributed by atoms with van der Waals surface area (Å²) in [7, 11) is 1.77. The first kappa shape index (κ1) is 12.6. The molecule has 1 aliphatic rings. The van der Waals surface area contributed by atoms with Crippen LogP contribution in [0.15, 0.2) is 15.9 Å². The molecule has 1 aromatic rings. The Morgan fingerprint density at radius 1 is 1.65 bits per heavy atom. The zero-order valence-corrected chi connectivity index (χ0v) is 11.8. The van der Waals surface area contributed by atoms with Crippen molar-refractivity contribution in [3.8, 4) is 0 Å². The Balaban J connectivity index is 1.96. The molecule has 4 nitrogen and oxygen atoms in total. The fraction of sp³-hybridized carbons (Fsp3) is 0.455. The van der Waals surface area contributed by atoms with Gasteiger partial charge in [-0.05, 0) is 33.8 Å². The van der Waals surface area contributed by atoms with Gasteiger partial charge in [0.1, 0.15) is 4.88 Å². The number of rotatable bonds is 2. The predicted octanol–water partition coefficient (Wildman–Crippen LogP) is 1.86. The maximum atomic E-state index is 11.9. The number of piperidine rings is 1. The summed E-state index contributed by atoms with van der Waals surface area (Å²) in [5.41, 5.74) is 0. The summed E-state index contributed by atoms with van der Waals surface area (Å²) in [6, 6.07) is 1.91. The second kappa shape index (κ2) is 5.18. The highest BCUT2D eigenvalue weighted by atomic mass is 79.9. The third-order valence-corrected chi connectivity index (χ3v) is 4.62. The zero-order chi connectivity index (χ0) is 12.4. The molecule has 17 heavy (non-hydrogen) atoms. The maximum Gasteiger partial charge on any atom is 0.262 e. The fourth-order valence-electron chi connectivity index (χ4n) is 1.84. The van der Waals surface area contributed by atoms with Gasteiger partial charge < -0.3 is 10.2 Å². The van der Waals surface area contributed by atoms with Crippen LogP contribution in [-0.4, -0.2) is 36.3 Å². The van der Waals surface area contributed by atoms with E-state index in [4.69, 9.17) is 0 Å². The van der Waals surface area contributed by atoms with Crippen molar-refractivity contribution < 1.29 is 9.59 Å². The first-order valence-electron chi connectivity index (χ1n) is 5.35. The molecule has 1 atom stereocenters. The van der Waals surface area contributed by atoms with Crippen molar-refractivity contribution in [3.05, 3.63) is 20.8 Å². The van der Waals surface area contributed by atoms with Crippen molar-refractivity contribution in [2.45, 2.75) is 18.9 Å². The second-order valence-corrected chi connectivity index (χ2v) is 5.85. The molecule has 0 aliphatic carbocycles. The third kappa shape index (κ3) is 2.87. The molecule has 0 saturated carbocycles. The van der Waals surface area contributed by atoms with Crippen LogP contribution in [-0.2, 0) is 4.79 Å². The van der Waals surface area contributed by atoms with Gasteiger partial charge in [0.15, 0.2) is 0 Å². The van der Waals surface area contributed by atoms with Gasteiger partial charge in [-0.3, -0.25) is 9.59 Å². The molecule has 92 valence electrons. The average Bonchev–Trinajstić information content (AvgIpc) is 2.70. The first-order valence-corrected chi connectivity index (χ1v) is 7.03. The van der Waals surface area contributed by atoms with Gasteiger partial charge >= 0.3 is 0 Å². The predicted molar refractivity (Wildman–Crippen MR) is 70.1 cm³/mol. The minimum Gasteiger partial charge on any atom is -0.347 e. The van der Waals surface area contributed by atoms with Crippen LogP contribution in [0, 0.1) is 0 Å². The Morgan fingerprint density at radius 2 is 2.41 bits per heavy atom. The normalized spacial score (nSPS) is 20.5. The van der Waals surface area contributed by atoms with Gasteiger partial charge in [-0.25, -0.2) is 0 Å². The van der Waals surface area contributed by atoms with E-state index in [9.17, 15) is 9.59 Å². The van der Waals surface area contributed by atoms with Crippen molar-refractivity contribution >= 4 is 39.1 Å². The number of nitrogens with zero attached hydrogens (tertiary/aromatic N) is 1. The average molecular weight is 317 g/mol. The van der Waals surface area contributed by atoms with Gasteiger partial charge in [-0.2, -0.15) is 0 Å². The number of nitrogens with one attached hydrogen (secondary N) is 1. The second-order valence-electron chi connectivity index (χ2n) is 4.08. The van der Waals surface area contributed by atoms with Gasteiger partial charge in [-0.1, -0.05) is 0 Å². The van der Waals surface area contributed by atoms with Crippen molar-refractivity contribution in [2.75, 3.05) is 13.6 Å². The molecular formula is C11H13BrN2O2S. The molecule has 1 saturated heterocycles. The van der Waals surface area contributed by atoms with Gasteiger partial charge in [-0.15, -0.1) is 11.3 Å². The number of likely N-dealkylation sites (N-methyl/N-ethyl adjacent to an activating group) is 1. The fourth-order valence-corrected chi connectivity index (χ4v) is 3.29. The summed E-state index contributed by atoms with van der Waals surface area (Å²) >= 11 is 4.75. The van der Waals surface area contributed by atoms with Gasteiger partial charge in [0, 0.05) is 30.5 Å². The van der Waals surface area contributed by atoms with Crippen molar-refractivity contribution in [2.24, 2.45) is 0 Å². The molecule has 0 radical (unpaired) electrons. The molecule has 1 N–H and O–H groups in total. The molecule has 1 fully saturated rings. The third-order valence-electron chi connectivity index (χ3n) is 2.79. The largest absolute Gasteiger partial charge is 0.347 e. The van der Waals surface area contributed by atoms with E-state index in [1.54, 1.807) is 11.9 Å². The number of amides is 2. The summed E-state index contributed by atoms with van der Waals surface area (Å²) in [4.78, 5) is 25.6. The molecule has 0 bridgehead atoms. The number of thiophene rings is 1. The number of hydrogen-bond acceptors (Lipinski definition) is 3. The molecular weight excluding hydrogens is 304 g/mol. The van der Waals surface area contributed by atoms with Crippen LogP contribution in [0.2, 0.25) is 0 Å². The Hall–Kier alpha value is -0.880. The molecule has 2 amide bonds. The molecule has 0 aromatic carbocycles. The summed E-state index contributed by atoms with van der Waals surface area (Å²) < 4.78 is 0.820. The Labute approximate surface area is 112 Å². The number of halogens is 1. The lowest BCUT2D eigenvalue weighted by atomic mass is 10.1. The topological polar surface area (TPSA) is 49.4 Å². The highest BCUT2D eigenvalue weighted by molar-refractivity contribution is 9.10. The Morgan fingerprint density at radius 3 is 3.00 bits per heavy atom. The number of hydrogen-bond donors (Lipinski definition) is 1. The minimum atomic E-state index is -0.0698. The van der Waals surface area contributed by atoms with Crippen LogP contribution in [0.4, 0.5) is 0 Å². The maximum absolute atomic E-state index is 11.9. The lowest BCUT2D eigenvalue weighted by Gasteiger charge is -2.30. The van der Waals surface area contributed by atoms with E-state index >= 15 is 0 Å². The van der Waals surface area contributed by atoms with Gasteiger partial charge in [0.25, 0.3) is 5.91 Å². The molecule has 2 rings (SSSR count). The SMILES string of the molecule is CN1C[C@@H](NC(=O)c2sccc2Br)CCC1=O. The number of likely N-dealkylation sites (tertiary alicyclic amines) is 1. The number of carbonyl (C=O) groups excluding carboxylic acids is 2. The van der Waals surface area contributed by atoms with E-state index in [0.29, 0.717) is 17.8 Å². The van der Waals surface area contributed by atoms with E-state index in [1.807, 2.05) is 11.4 Å². The molecule has 6 heteroatoms. The lowest BCUT2D eigenvalue weighted by molar-refractivity contribution is -0.132. The Kier molecular flexibility index (Phi) is 3.83. The van der Waals surface area contributed by atoms with Crippen molar-refractivity contribution in [1.29, 1.82) is 0 Å². The summed E-state index contributed by atoms with van der Waals surface area (Å²) in [5, 5.41) is 4.83. The number of carbonyl (C=O) groups is 2. The van der Waals surface area contributed by atoms with E-state index in [0.717, 1.165) is 10.9 Å². The summed E-state index contributed by atoms with van der Waals surface area (Å²) in [6.07, 6.45) is 1.23. The van der Waals surface area contributed by atoms with Crippen LogP contribution in [0.3, 0.4) is 0 Å². The highest BCUT2D eigenvalue weighted by Gasteiger charge is 2.25. The highest BCUT2D eigenvalue weighted by Crippen LogP contribution is 2.22. The Bertz CT molecular complexity index is 446. The van der Waals surface area contributed by atoms with Crippen molar-refractivity contribution in [3.63, 3.8) is 0 Å². The van der Waals surface area contributed by atoms with Crippen LogP contribution in [0.25, 0.3) is 0 Å². The first-order chi connectivity index (χ1) is 8.08. The monoisotopic (exact) mass is 316 g/mol. The zero-order valence-electron chi connectivity index (χ0n) is 9.40. The van der Waals surface area contributed by atoms with E-state index < -0.39 is 0 Å². The standard InChI is InChI=1S/C11H13BrN2O2S/c1-14-6-7(2-3-9(14)15)13-11(16)10-8(12)4-5-17-10/h4-5,7H,2-3,6H2,1H3,(H,13,16)/t7-/m0/s1. The summed E-state index contributed by atoms with van der Waals surface area (Å²) in [5.74, 6) is 0.0763. The van der Waals surface area contributed by atoms with Crippen LogP contribution in [0.5, 0.6) is 0 Å². The molecule has 2 heterocycles. The van der Waals surface area contributed by atoms with E-state index in [-0.39, 0.29) is 17.9 Å². The minimum absolute atomic E-state index is 0.0548. The van der Waals surface area contributed by atoms with Crippen molar-refractivity contribution in [1.82, 2.24) is 10.2 Å². The van der Waals surface area contributed by atoms with Crippen LogP contribution < -0.4 is 5.32 Å². The van der Waals surface area contributed by atoms with E-state index in [1.165, 1.54) is 11.3 Å². The van der Waals surface area contributed by atoms with Gasteiger partial charge in [0.05, 0.1) is 0 Å². The molecule has 0 unspecified atom stereocenters. The van der Waals surface area contributed by atoms with Crippen LogP contribution >= 0.6 is 27.3 Å². The van der Waals surface area contributed by atoms with Crippen LogP contribution in [0.1, 0.15) is 22.5 Å². The van der Waals surface area contributed by atoms with Gasteiger partial charge in [0.2, 0.25) is 5.91 Å². The summed E-state index contributed by atoms with van der Waals surface area (Å²) in [6.45, 7) is 0.591. The van der Waals surface area contributed by atoms with E-state index in [2.05, 4.69) is 21.2 Å².